The van der Waals surface area contributed by atoms with Crippen molar-refractivity contribution >= 4 is 0 Å². The van der Waals surface area contributed by atoms with Crippen LogP contribution in [0.2, 0.25) is 0 Å². The second kappa shape index (κ2) is 1.97. The van der Waals surface area contributed by atoms with Crippen molar-refractivity contribution < 1.29 is 0 Å². The number of hydrogen-bond donors (Lipinski definition) is 0. The van der Waals surface area contributed by atoms with Gasteiger partial charge in [0.1, 0.15) is 0 Å². The van der Waals surface area contributed by atoms with Crippen LogP contribution in [-0.2, 0) is 0 Å². The van der Waals surface area contributed by atoms with E-state index in [0.29, 0.717) is 0 Å². The van der Waals surface area contributed by atoms with E-state index in [1.54, 1.807) is 0 Å². The summed E-state index contributed by atoms with van der Waals surface area (Å²) in [5.41, 5.74) is 0. The Hall–Kier alpha value is -0.0400. The smallest absolute Gasteiger partial charge is 0.00388 e. The van der Waals surface area contributed by atoms with Gasteiger partial charge in [0, 0.05) is 19.1 Å². The normalized spacial score (nSPS) is 46.2. The molecule has 0 aromatic carbocycles. The van der Waals surface area contributed by atoms with Crippen molar-refractivity contribution in [1.29, 1.82) is 0 Å². The second-order valence-electron chi connectivity index (χ2n) is 4.23. The molecule has 2 fully saturated rings. The summed E-state index contributed by atoms with van der Waals surface area (Å²) in [4.78, 5) is 2.61. The first-order valence-corrected chi connectivity index (χ1v) is 4.44. The quantitative estimate of drug-likeness (QED) is 0.533. The fourth-order valence-corrected chi connectivity index (χ4v) is 2.28. The van der Waals surface area contributed by atoms with Crippen molar-refractivity contribution in [1.82, 2.24) is 4.90 Å². The molecule has 2 atom stereocenters. The number of rotatable bonds is 1. The molecule has 0 radical (unpaired) electrons. The maximum Gasteiger partial charge on any atom is 0.00388 e. The van der Waals surface area contributed by atoms with Crippen LogP contribution >= 0.6 is 0 Å². The fourth-order valence-electron chi connectivity index (χ4n) is 2.28. The maximum absolute atomic E-state index is 2.61. The van der Waals surface area contributed by atoms with Crippen molar-refractivity contribution in [2.45, 2.75) is 26.8 Å². The van der Waals surface area contributed by atoms with Crippen molar-refractivity contribution in [2.24, 2.45) is 17.8 Å². The molecule has 0 N–H and O–H groups in total. The molecular formula is C9H17N. The van der Waals surface area contributed by atoms with Crippen molar-refractivity contribution in [3.05, 3.63) is 0 Å². The summed E-state index contributed by atoms with van der Waals surface area (Å²) in [5, 5.41) is 0. The lowest BCUT2D eigenvalue weighted by molar-refractivity contribution is 0.236. The van der Waals surface area contributed by atoms with Crippen LogP contribution in [0.4, 0.5) is 0 Å². The lowest BCUT2D eigenvalue weighted by Crippen LogP contribution is -2.30. The SMILES string of the molecule is CC1C2CN(C(C)C)CC12. The maximum atomic E-state index is 2.61. The van der Waals surface area contributed by atoms with Crippen LogP contribution in [-0.4, -0.2) is 24.0 Å². The zero-order chi connectivity index (χ0) is 7.30. The van der Waals surface area contributed by atoms with Gasteiger partial charge in [-0.3, -0.25) is 0 Å². The highest BCUT2D eigenvalue weighted by Crippen LogP contribution is 2.51. The Bertz CT molecular complexity index is 130. The van der Waals surface area contributed by atoms with Gasteiger partial charge < -0.3 is 4.90 Å². The second-order valence-corrected chi connectivity index (χ2v) is 4.23. The van der Waals surface area contributed by atoms with Crippen LogP contribution in [0.15, 0.2) is 0 Å². The van der Waals surface area contributed by atoms with Gasteiger partial charge in [-0.1, -0.05) is 6.92 Å². The number of nitrogens with zero attached hydrogens (tertiary/aromatic N) is 1. The van der Waals surface area contributed by atoms with E-state index in [1.807, 2.05) is 0 Å². The molecule has 1 saturated heterocycles. The molecule has 1 saturated carbocycles. The topological polar surface area (TPSA) is 3.24 Å². The molecule has 2 aliphatic rings. The predicted octanol–water partition coefficient (Wildman–Crippen LogP) is 1.59. The Balaban J connectivity index is 1.89. The zero-order valence-electron chi connectivity index (χ0n) is 7.17. The third kappa shape index (κ3) is 0.800. The third-order valence-electron chi connectivity index (χ3n) is 3.38. The van der Waals surface area contributed by atoms with E-state index in [2.05, 4.69) is 25.7 Å². The number of fused-ring (bicyclic) bond motifs is 1. The predicted molar refractivity (Wildman–Crippen MR) is 42.9 cm³/mol. The molecule has 58 valence electrons. The highest BCUT2D eigenvalue weighted by Gasteiger charge is 2.52. The van der Waals surface area contributed by atoms with Crippen molar-refractivity contribution in [3.63, 3.8) is 0 Å². The van der Waals surface area contributed by atoms with Gasteiger partial charge in [0.2, 0.25) is 0 Å². The molecule has 1 heterocycles. The standard InChI is InChI=1S/C9H17N/c1-6(2)10-4-8-7(3)9(8)5-10/h6-9H,4-5H2,1-3H3. The van der Waals surface area contributed by atoms with Gasteiger partial charge >= 0.3 is 0 Å². The summed E-state index contributed by atoms with van der Waals surface area (Å²) in [6.07, 6.45) is 0. The molecule has 1 aliphatic carbocycles. The first kappa shape index (κ1) is 6.66. The van der Waals surface area contributed by atoms with Crippen molar-refractivity contribution in [3.8, 4) is 0 Å². The van der Waals surface area contributed by atoms with E-state index in [4.69, 9.17) is 0 Å². The number of piperidine rings is 1. The third-order valence-corrected chi connectivity index (χ3v) is 3.38. The molecule has 0 aromatic heterocycles. The largest absolute Gasteiger partial charge is 0.300 e. The van der Waals surface area contributed by atoms with Gasteiger partial charge in [0.15, 0.2) is 0 Å². The molecule has 0 amide bonds. The minimum Gasteiger partial charge on any atom is -0.300 e. The monoisotopic (exact) mass is 139 g/mol. The molecular weight excluding hydrogens is 122 g/mol. The highest BCUT2D eigenvalue weighted by molar-refractivity contribution is 5.03. The molecule has 2 unspecified atom stereocenters. The van der Waals surface area contributed by atoms with Crippen LogP contribution in [0, 0.1) is 17.8 Å². The average Bonchev–Trinajstić information content (AvgIpc) is 2.38. The van der Waals surface area contributed by atoms with Crippen LogP contribution < -0.4 is 0 Å². The van der Waals surface area contributed by atoms with Crippen molar-refractivity contribution in [2.75, 3.05) is 13.1 Å². The van der Waals surface area contributed by atoms with Crippen LogP contribution in [0.5, 0.6) is 0 Å². The lowest BCUT2D eigenvalue weighted by atomic mass is 10.2. The van der Waals surface area contributed by atoms with E-state index in [-0.39, 0.29) is 0 Å². The van der Waals surface area contributed by atoms with Gasteiger partial charge in [-0.2, -0.15) is 0 Å². The first-order chi connectivity index (χ1) is 4.70. The number of likely N-dealkylation sites (tertiary alicyclic amines) is 1. The molecule has 1 heteroatoms. The molecule has 0 spiro atoms. The van der Waals surface area contributed by atoms with Crippen LogP contribution in [0.3, 0.4) is 0 Å². The lowest BCUT2D eigenvalue weighted by Gasteiger charge is -2.22. The van der Waals surface area contributed by atoms with Gasteiger partial charge in [0.05, 0.1) is 0 Å². The summed E-state index contributed by atoms with van der Waals surface area (Å²) in [6.45, 7) is 9.75. The van der Waals surface area contributed by atoms with E-state index in [1.165, 1.54) is 13.1 Å². The zero-order valence-corrected chi connectivity index (χ0v) is 7.17. The first-order valence-electron chi connectivity index (χ1n) is 4.44. The molecule has 2 rings (SSSR count). The van der Waals surface area contributed by atoms with Gasteiger partial charge in [-0.25, -0.2) is 0 Å². The highest BCUT2D eigenvalue weighted by atomic mass is 15.2. The minimum atomic E-state index is 0.778. The van der Waals surface area contributed by atoms with E-state index >= 15 is 0 Å². The van der Waals surface area contributed by atoms with E-state index in [9.17, 15) is 0 Å². The van der Waals surface area contributed by atoms with Crippen LogP contribution in [0.1, 0.15) is 20.8 Å². The number of hydrogen-bond acceptors (Lipinski definition) is 1. The molecule has 0 bridgehead atoms. The fraction of sp³-hybridized carbons (Fsp3) is 1.00. The summed E-state index contributed by atoms with van der Waals surface area (Å²) < 4.78 is 0. The summed E-state index contributed by atoms with van der Waals surface area (Å²) in [6, 6.07) is 0.778. The van der Waals surface area contributed by atoms with Crippen LogP contribution in [0.25, 0.3) is 0 Å². The Morgan fingerprint density at radius 3 is 2.10 bits per heavy atom. The Morgan fingerprint density at radius 1 is 1.20 bits per heavy atom. The molecule has 10 heavy (non-hydrogen) atoms. The van der Waals surface area contributed by atoms with E-state index in [0.717, 1.165) is 23.8 Å². The average molecular weight is 139 g/mol. The Labute approximate surface area is 63.4 Å². The summed E-state index contributed by atoms with van der Waals surface area (Å²) in [7, 11) is 0. The summed E-state index contributed by atoms with van der Waals surface area (Å²) >= 11 is 0. The minimum absolute atomic E-state index is 0.778. The molecule has 1 aliphatic heterocycles. The molecule has 0 aromatic rings. The van der Waals surface area contributed by atoms with E-state index < -0.39 is 0 Å². The van der Waals surface area contributed by atoms with Gasteiger partial charge in [0.25, 0.3) is 0 Å². The van der Waals surface area contributed by atoms with Gasteiger partial charge in [-0.05, 0) is 31.6 Å². The van der Waals surface area contributed by atoms with Gasteiger partial charge in [-0.15, -0.1) is 0 Å². The summed E-state index contributed by atoms with van der Waals surface area (Å²) in [5.74, 6) is 3.19. The molecule has 1 nitrogen and oxygen atoms in total. The Morgan fingerprint density at radius 2 is 1.70 bits per heavy atom. The Kier molecular flexibility index (Phi) is 1.31.